The van der Waals surface area contributed by atoms with Crippen molar-refractivity contribution in [2.45, 2.75) is 52.7 Å². The Morgan fingerprint density at radius 1 is 1.19 bits per heavy atom. The van der Waals surface area contributed by atoms with Crippen LogP contribution in [0.3, 0.4) is 0 Å². The van der Waals surface area contributed by atoms with Crippen LogP contribution in [0.2, 0.25) is 0 Å². The van der Waals surface area contributed by atoms with Crippen LogP contribution in [0.1, 0.15) is 41.0 Å². The maximum atomic E-state index is 12.7. The van der Waals surface area contributed by atoms with E-state index in [2.05, 4.69) is 10.6 Å². The van der Waals surface area contributed by atoms with Crippen molar-refractivity contribution in [3.63, 3.8) is 0 Å². The van der Waals surface area contributed by atoms with Crippen LogP contribution in [0.4, 0.5) is 11.4 Å². The van der Waals surface area contributed by atoms with Crippen molar-refractivity contribution in [3.05, 3.63) is 24.3 Å². The van der Waals surface area contributed by atoms with Gasteiger partial charge in [-0.15, -0.1) is 12.4 Å². The molecule has 26 heavy (non-hydrogen) atoms. The molecule has 1 fully saturated rings. The normalized spacial score (nSPS) is 23.6. The van der Waals surface area contributed by atoms with Gasteiger partial charge in [0, 0.05) is 35.7 Å². The second-order valence-electron chi connectivity index (χ2n) is 7.52. The summed E-state index contributed by atoms with van der Waals surface area (Å²) in [5.41, 5.74) is 6.32. The second-order valence-corrected chi connectivity index (χ2v) is 7.52. The van der Waals surface area contributed by atoms with Crippen molar-refractivity contribution < 1.29 is 14.3 Å². The molecule has 0 saturated heterocycles. The van der Waals surface area contributed by atoms with E-state index in [1.807, 2.05) is 34.6 Å². The second kappa shape index (κ2) is 8.37. The third-order valence-electron chi connectivity index (χ3n) is 5.17. The van der Waals surface area contributed by atoms with Gasteiger partial charge >= 0.3 is 0 Å². The van der Waals surface area contributed by atoms with Gasteiger partial charge < -0.3 is 21.1 Å². The maximum absolute atomic E-state index is 12.7. The molecule has 2 unspecified atom stereocenters. The van der Waals surface area contributed by atoms with E-state index in [1.54, 1.807) is 24.3 Å². The number of hydrogen-bond donors (Lipinski definition) is 3. The number of amides is 2. The molecule has 1 aromatic rings. The Labute approximate surface area is 161 Å². The SMILES string of the molecule is CCOC1CC(N)(C(=O)Nc2ccc(NC(=O)C(C)C)cc2)C1(C)C.Cl. The minimum Gasteiger partial charge on any atom is -0.378 e. The number of nitrogens with two attached hydrogens (primary N) is 1. The molecule has 1 aliphatic carbocycles. The van der Waals surface area contributed by atoms with Crippen molar-refractivity contribution in [2.24, 2.45) is 17.1 Å². The molecular formula is C19H30ClN3O3. The first-order valence-electron chi connectivity index (χ1n) is 8.74. The Kier molecular flexibility index (Phi) is 7.22. The van der Waals surface area contributed by atoms with Gasteiger partial charge in [-0.2, -0.15) is 0 Å². The molecule has 2 amide bonds. The van der Waals surface area contributed by atoms with E-state index in [9.17, 15) is 9.59 Å². The summed E-state index contributed by atoms with van der Waals surface area (Å²) >= 11 is 0. The molecule has 1 saturated carbocycles. The lowest BCUT2D eigenvalue weighted by Gasteiger charge is -2.57. The minimum absolute atomic E-state index is 0. The van der Waals surface area contributed by atoms with Crippen LogP contribution in [-0.4, -0.2) is 30.1 Å². The molecule has 6 nitrogen and oxygen atoms in total. The Balaban J connectivity index is 0.00000338. The predicted molar refractivity (Wildman–Crippen MR) is 107 cm³/mol. The Morgan fingerprint density at radius 3 is 2.12 bits per heavy atom. The molecule has 1 aliphatic rings. The molecule has 146 valence electrons. The average molecular weight is 384 g/mol. The summed E-state index contributed by atoms with van der Waals surface area (Å²) in [5.74, 6) is -0.348. The fourth-order valence-electron chi connectivity index (χ4n) is 2.99. The topological polar surface area (TPSA) is 93.4 Å². The monoisotopic (exact) mass is 383 g/mol. The number of anilines is 2. The van der Waals surface area contributed by atoms with Crippen LogP contribution in [-0.2, 0) is 14.3 Å². The third-order valence-corrected chi connectivity index (χ3v) is 5.17. The van der Waals surface area contributed by atoms with Crippen LogP contribution in [0, 0.1) is 11.3 Å². The van der Waals surface area contributed by atoms with Gasteiger partial charge in [-0.3, -0.25) is 9.59 Å². The number of halogens is 1. The maximum Gasteiger partial charge on any atom is 0.245 e. The molecule has 0 bridgehead atoms. The van der Waals surface area contributed by atoms with E-state index in [0.717, 1.165) is 0 Å². The summed E-state index contributed by atoms with van der Waals surface area (Å²) in [5, 5.41) is 5.69. The number of carbonyl (C=O) groups excluding carboxylic acids is 2. The lowest BCUT2D eigenvalue weighted by atomic mass is 9.54. The van der Waals surface area contributed by atoms with E-state index >= 15 is 0 Å². The molecule has 1 aromatic carbocycles. The largest absolute Gasteiger partial charge is 0.378 e. The highest BCUT2D eigenvalue weighted by Crippen LogP contribution is 2.50. The van der Waals surface area contributed by atoms with Gasteiger partial charge in [0.1, 0.15) is 5.54 Å². The van der Waals surface area contributed by atoms with E-state index in [-0.39, 0.29) is 36.2 Å². The first-order chi connectivity index (χ1) is 11.6. The summed E-state index contributed by atoms with van der Waals surface area (Å²) in [4.78, 5) is 24.4. The number of rotatable bonds is 6. The summed E-state index contributed by atoms with van der Waals surface area (Å²) in [6.45, 7) is 10.1. The van der Waals surface area contributed by atoms with Crippen LogP contribution >= 0.6 is 12.4 Å². The van der Waals surface area contributed by atoms with Gasteiger partial charge in [0.2, 0.25) is 11.8 Å². The summed E-state index contributed by atoms with van der Waals surface area (Å²) in [6, 6.07) is 7.02. The Hall–Kier alpha value is -1.63. The van der Waals surface area contributed by atoms with Crippen LogP contribution in [0.5, 0.6) is 0 Å². The highest BCUT2D eigenvalue weighted by molar-refractivity contribution is 6.00. The molecule has 0 heterocycles. The van der Waals surface area contributed by atoms with Gasteiger partial charge in [0.25, 0.3) is 0 Å². The summed E-state index contributed by atoms with van der Waals surface area (Å²) < 4.78 is 5.66. The standard InChI is InChI=1S/C19H29N3O3.ClH/c1-6-25-15-11-19(20,18(15,4)5)17(24)22-14-9-7-13(8-10-14)21-16(23)12(2)3;/h7-10,12,15H,6,11,20H2,1-5H3,(H,21,23)(H,22,24);1H. The average Bonchev–Trinajstić information content (AvgIpc) is 2.56. The number of hydrogen-bond acceptors (Lipinski definition) is 4. The molecule has 2 atom stereocenters. The minimum atomic E-state index is -0.961. The van der Waals surface area contributed by atoms with E-state index in [1.165, 1.54) is 0 Å². The smallest absolute Gasteiger partial charge is 0.245 e. The number of carbonyl (C=O) groups is 2. The van der Waals surface area contributed by atoms with Crippen molar-refractivity contribution in [1.82, 2.24) is 0 Å². The summed E-state index contributed by atoms with van der Waals surface area (Å²) in [6.07, 6.45) is 0.490. The molecule has 4 N–H and O–H groups in total. The van der Waals surface area contributed by atoms with Crippen LogP contribution in [0.25, 0.3) is 0 Å². The summed E-state index contributed by atoms with van der Waals surface area (Å²) in [7, 11) is 0. The first kappa shape index (κ1) is 22.4. The molecule has 0 aliphatic heterocycles. The lowest BCUT2D eigenvalue weighted by molar-refractivity contribution is -0.166. The van der Waals surface area contributed by atoms with Crippen molar-refractivity contribution >= 4 is 35.6 Å². The number of benzene rings is 1. The molecule has 0 spiro atoms. The third kappa shape index (κ3) is 4.19. The van der Waals surface area contributed by atoms with Gasteiger partial charge in [-0.05, 0) is 31.2 Å². The van der Waals surface area contributed by atoms with E-state index in [4.69, 9.17) is 10.5 Å². The van der Waals surface area contributed by atoms with Gasteiger partial charge in [0.05, 0.1) is 6.10 Å². The predicted octanol–water partition coefficient (Wildman–Crippen LogP) is 3.17. The molecular weight excluding hydrogens is 354 g/mol. The van der Waals surface area contributed by atoms with Crippen molar-refractivity contribution in [3.8, 4) is 0 Å². The number of nitrogens with one attached hydrogen (secondary N) is 2. The zero-order chi connectivity index (χ0) is 18.8. The highest BCUT2D eigenvalue weighted by Gasteiger charge is 2.62. The zero-order valence-electron chi connectivity index (χ0n) is 16.1. The molecule has 0 radical (unpaired) electrons. The Bertz CT molecular complexity index is 646. The van der Waals surface area contributed by atoms with Crippen LogP contribution in [0.15, 0.2) is 24.3 Å². The number of ether oxygens (including phenoxy) is 1. The zero-order valence-corrected chi connectivity index (χ0v) is 16.9. The van der Waals surface area contributed by atoms with E-state index in [0.29, 0.717) is 24.4 Å². The fourth-order valence-corrected chi connectivity index (χ4v) is 2.99. The first-order valence-corrected chi connectivity index (χ1v) is 8.74. The van der Waals surface area contributed by atoms with Crippen molar-refractivity contribution in [1.29, 1.82) is 0 Å². The quantitative estimate of drug-likeness (QED) is 0.703. The van der Waals surface area contributed by atoms with Crippen molar-refractivity contribution in [2.75, 3.05) is 17.2 Å². The fraction of sp³-hybridized carbons (Fsp3) is 0.579. The Morgan fingerprint density at radius 2 is 1.69 bits per heavy atom. The van der Waals surface area contributed by atoms with E-state index < -0.39 is 11.0 Å². The molecule has 2 rings (SSSR count). The lowest BCUT2D eigenvalue weighted by Crippen LogP contribution is -2.74. The highest BCUT2D eigenvalue weighted by atomic mass is 35.5. The van der Waals surface area contributed by atoms with Gasteiger partial charge in [0.15, 0.2) is 0 Å². The van der Waals surface area contributed by atoms with Crippen LogP contribution < -0.4 is 16.4 Å². The molecule has 0 aromatic heterocycles. The molecule has 7 heteroatoms. The van der Waals surface area contributed by atoms with Gasteiger partial charge in [-0.1, -0.05) is 27.7 Å². The van der Waals surface area contributed by atoms with Gasteiger partial charge in [-0.25, -0.2) is 0 Å².